The minimum Gasteiger partial charge on any atom is -0.345 e. The molecule has 0 aliphatic heterocycles. The smallest absolute Gasteiger partial charge is 0.291 e. The molecule has 1 unspecified atom stereocenters. The molecule has 31 heavy (non-hydrogen) atoms. The number of hydrogen-bond donors (Lipinski definition) is 1. The van der Waals surface area contributed by atoms with Gasteiger partial charge in [-0.15, -0.1) is 0 Å². The van der Waals surface area contributed by atoms with Crippen LogP contribution in [0.1, 0.15) is 52.5 Å². The molecule has 4 nitrogen and oxygen atoms in total. The third-order valence-electron chi connectivity index (χ3n) is 6.15. The van der Waals surface area contributed by atoms with Gasteiger partial charge in [-0.3, -0.25) is 14.2 Å². The van der Waals surface area contributed by atoms with Crippen molar-refractivity contribution in [3.8, 4) is 5.69 Å². The zero-order chi connectivity index (χ0) is 22.1. The van der Waals surface area contributed by atoms with Gasteiger partial charge in [0.25, 0.3) is 11.5 Å². The van der Waals surface area contributed by atoms with Crippen LogP contribution in [0.4, 0.5) is 8.78 Å². The molecule has 3 aromatic rings. The van der Waals surface area contributed by atoms with Crippen LogP contribution >= 0.6 is 0 Å². The van der Waals surface area contributed by atoms with Crippen LogP contribution in [0.15, 0.2) is 59.4 Å². The van der Waals surface area contributed by atoms with E-state index in [2.05, 4.69) is 5.32 Å². The number of hydrogen-bond acceptors (Lipinski definition) is 2. The summed E-state index contributed by atoms with van der Waals surface area (Å²) in [5.74, 6) is -1.60. The number of aromatic nitrogens is 1. The number of amides is 1. The molecular weight excluding hydrogens is 398 g/mol. The Bertz CT molecular complexity index is 1180. The van der Waals surface area contributed by atoms with Crippen molar-refractivity contribution >= 4 is 5.91 Å². The van der Waals surface area contributed by atoms with Gasteiger partial charge in [-0.05, 0) is 62.4 Å². The fourth-order valence-corrected chi connectivity index (χ4v) is 4.29. The van der Waals surface area contributed by atoms with E-state index in [9.17, 15) is 18.4 Å². The maximum Gasteiger partial charge on any atom is 0.291 e. The Labute approximate surface area is 179 Å². The minimum absolute atomic E-state index is 0.0128. The van der Waals surface area contributed by atoms with E-state index in [0.717, 1.165) is 19.3 Å². The lowest BCUT2D eigenvalue weighted by Gasteiger charge is -2.35. The number of halogens is 2. The van der Waals surface area contributed by atoms with E-state index in [1.165, 1.54) is 23.6 Å². The van der Waals surface area contributed by atoms with Gasteiger partial charge in [-0.25, -0.2) is 8.78 Å². The first-order valence-corrected chi connectivity index (χ1v) is 10.4. The van der Waals surface area contributed by atoms with Crippen LogP contribution in [0.5, 0.6) is 0 Å². The number of nitrogens with one attached hydrogen (secondary N) is 1. The zero-order valence-electron chi connectivity index (χ0n) is 17.5. The molecular formula is C25H24F2N2O2. The second kappa shape index (κ2) is 8.46. The van der Waals surface area contributed by atoms with Crippen molar-refractivity contribution in [2.24, 2.45) is 5.92 Å². The Morgan fingerprint density at radius 1 is 1.06 bits per heavy atom. The number of rotatable bonds is 5. The molecule has 1 aliphatic carbocycles. The van der Waals surface area contributed by atoms with E-state index >= 15 is 0 Å². The molecule has 1 fully saturated rings. The summed E-state index contributed by atoms with van der Waals surface area (Å²) in [5, 5.41) is 3.00. The number of nitrogens with zero attached hydrogens (tertiary/aromatic N) is 1. The average molecular weight is 422 g/mol. The molecule has 160 valence electrons. The molecule has 6 heteroatoms. The Kier molecular flexibility index (Phi) is 5.72. The van der Waals surface area contributed by atoms with Crippen molar-refractivity contribution in [3.63, 3.8) is 0 Å². The molecule has 0 radical (unpaired) electrons. The highest BCUT2D eigenvalue weighted by atomic mass is 19.1. The van der Waals surface area contributed by atoms with Gasteiger partial charge in [0.15, 0.2) is 5.82 Å². The molecule has 1 aliphatic rings. The first-order chi connectivity index (χ1) is 14.9. The van der Waals surface area contributed by atoms with Gasteiger partial charge in [0.1, 0.15) is 5.82 Å². The van der Waals surface area contributed by atoms with E-state index < -0.39 is 17.3 Å². The Hall–Kier alpha value is -3.28. The predicted molar refractivity (Wildman–Crippen MR) is 115 cm³/mol. The summed E-state index contributed by atoms with van der Waals surface area (Å²) in [5.41, 5.74) is 0.877. The van der Waals surface area contributed by atoms with Crippen molar-refractivity contribution in [3.05, 3.63) is 99.0 Å². The van der Waals surface area contributed by atoms with Crippen LogP contribution in [-0.4, -0.2) is 10.5 Å². The molecule has 2 aromatic carbocycles. The summed E-state index contributed by atoms with van der Waals surface area (Å²) in [4.78, 5) is 26.0. The molecule has 1 saturated carbocycles. The topological polar surface area (TPSA) is 51.1 Å². The molecule has 1 aromatic heterocycles. The van der Waals surface area contributed by atoms with Gasteiger partial charge in [0.05, 0.1) is 11.6 Å². The van der Waals surface area contributed by atoms with Gasteiger partial charge in [0, 0.05) is 16.9 Å². The first-order valence-electron chi connectivity index (χ1n) is 10.4. The highest BCUT2D eigenvalue weighted by Gasteiger charge is 2.32. The van der Waals surface area contributed by atoms with E-state index in [1.807, 2.05) is 0 Å². The third-order valence-corrected chi connectivity index (χ3v) is 6.15. The van der Waals surface area contributed by atoms with Crippen LogP contribution in [0, 0.1) is 31.4 Å². The van der Waals surface area contributed by atoms with Crippen molar-refractivity contribution in [2.75, 3.05) is 0 Å². The Balaban J connectivity index is 1.77. The van der Waals surface area contributed by atoms with Crippen molar-refractivity contribution in [1.29, 1.82) is 0 Å². The Morgan fingerprint density at radius 3 is 2.39 bits per heavy atom. The Morgan fingerprint density at radius 2 is 1.77 bits per heavy atom. The van der Waals surface area contributed by atoms with E-state index in [0.29, 0.717) is 16.9 Å². The monoisotopic (exact) mass is 422 g/mol. The van der Waals surface area contributed by atoms with Crippen molar-refractivity contribution in [2.45, 2.75) is 39.2 Å². The van der Waals surface area contributed by atoms with Gasteiger partial charge < -0.3 is 5.32 Å². The lowest BCUT2D eigenvalue weighted by molar-refractivity contribution is 0.0897. The molecule has 4 rings (SSSR count). The summed E-state index contributed by atoms with van der Waals surface area (Å²) >= 11 is 0. The fraction of sp³-hybridized carbons (Fsp3) is 0.280. The normalized spacial score (nSPS) is 14.7. The first kappa shape index (κ1) is 21.0. The van der Waals surface area contributed by atoms with Gasteiger partial charge in [0.2, 0.25) is 0 Å². The van der Waals surface area contributed by atoms with E-state index in [4.69, 9.17) is 0 Å². The standard InChI is InChI=1S/C25H24F2N2O2/c1-15-21(16(2)29(25(31)22(15)27)20-12-4-3-5-13-20)24(30)28-23(17-8-6-9-17)18-10-7-11-19(26)14-18/h3-5,7,10-14,17,23H,6,8-9H2,1-2H3,(H,28,30). The molecule has 1 atom stereocenters. The molecule has 1 N–H and O–H groups in total. The highest BCUT2D eigenvalue weighted by molar-refractivity contribution is 5.97. The van der Waals surface area contributed by atoms with Crippen LogP contribution < -0.4 is 10.9 Å². The summed E-state index contributed by atoms with van der Waals surface area (Å²) in [6.07, 6.45) is 2.91. The third kappa shape index (κ3) is 3.90. The molecule has 1 amide bonds. The predicted octanol–water partition coefficient (Wildman–Crippen LogP) is 5.00. The number of para-hydroxylation sites is 1. The highest BCUT2D eigenvalue weighted by Crippen LogP contribution is 2.38. The minimum atomic E-state index is -0.953. The molecule has 0 spiro atoms. The second-order valence-corrected chi connectivity index (χ2v) is 8.07. The van der Waals surface area contributed by atoms with Gasteiger partial charge >= 0.3 is 0 Å². The maximum absolute atomic E-state index is 14.9. The lowest BCUT2D eigenvalue weighted by Crippen LogP contribution is -2.38. The summed E-state index contributed by atoms with van der Waals surface area (Å²) in [6.45, 7) is 3.07. The quantitative estimate of drug-likeness (QED) is 0.629. The summed E-state index contributed by atoms with van der Waals surface area (Å²) < 4.78 is 29.9. The second-order valence-electron chi connectivity index (χ2n) is 8.07. The SMILES string of the molecule is Cc1c(C(=O)NC(c2cccc(F)c2)C2CCC2)c(C)n(-c2ccccc2)c(=O)c1F. The van der Waals surface area contributed by atoms with Crippen molar-refractivity contribution < 1.29 is 13.6 Å². The van der Waals surface area contributed by atoms with Crippen molar-refractivity contribution in [1.82, 2.24) is 9.88 Å². The van der Waals surface area contributed by atoms with Crippen LogP contribution in [0.25, 0.3) is 5.69 Å². The van der Waals surface area contributed by atoms with Crippen LogP contribution in [-0.2, 0) is 0 Å². The molecule has 1 heterocycles. The molecule has 0 saturated heterocycles. The van der Waals surface area contributed by atoms with E-state index in [-0.39, 0.29) is 28.9 Å². The number of pyridine rings is 1. The summed E-state index contributed by atoms with van der Waals surface area (Å²) in [7, 11) is 0. The maximum atomic E-state index is 14.9. The van der Waals surface area contributed by atoms with E-state index in [1.54, 1.807) is 49.4 Å². The molecule has 0 bridgehead atoms. The number of carbonyl (C=O) groups excluding carboxylic acids is 1. The van der Waals surface area contributed by atoms with Crippen LogP contribution in [0.2, 0.25) is 0 Å². The average Bonchev–Trinajstić information content (AvgIpc) is 2.71. The summed E-state index contributed by atoms with van der Waals surface area (Å²) in [6, 6.07) is 14.5. The lowest BCUT2D eigenvalue weighted by atomic mass is 9.77. The number of benzene rings is 2. The van der Waals surface area contributed by atoms with Crippen LogP contribution in [0.3, 0.4) is 0 Å². The number of carbonyl (C=O) groups is 1. The fourth-order valence-electron chi connectivity index (χ4n) is 4.29. The van der Waals surface area contributed by atoms with Gasteiger partial charge in [-0.1, -0.05) is 36.8 Å². The largest absolute Gasteiger partial charge is 0.345 e. The van der Waals surface area contributed by atoms with Gasteiger partial charge in [-0.2, -0.15) is 0 Å². The zero-order valence-corrected chi connectivity index (χ0v) is 17.5.